The maximum Gasteiger partial charge on any atom is 0.119 e. The van der Waals surface area contributed by atoms with Crippen LogP contribution in [0.1, 0.15) is 11.1 Å². The quantitative estimate of drug-likeness (QED) is 0.722. The van der Waals surface area contributed by atoms with E-state index in [-0.39, 0.29) is 0 Å². The Hall–Kier alpha value is -1.33. The molecule has 0 spiro atoms. The molecule has 0 radical (unpaired) electrons. The third-order valence-electron chi connectivity index (χ3n) is 3.79. The van der Waals surface area contributed by atoms with Gasteiger partial charge in [0.15, 0.2) is 0 Å². The summed E-state index contributed by atoms with van der Waals surface area (Å²) < 4.78 is 11.1. The van der Waals surface area contributed by atoms with E-state index in [1.165, 1.54) is 0 Å². The Balaban J connectivity index is 1.59. The molecule has 24 heavy (non-hydrogen) atoms. The van der Waals surface area contributed by atoms with Crippen molar-refractivity contribution < 1.29 is 9.47 Å². The van der Waals surface area contributed by atoms with E-state index in [1.807, 2.05) is 36.4 Å². The minimum absolute atomic E-state index is 0.435. The van der Waals surface area contributed by atoms with Gasteiger partial charge in [-0.25, -0.2) is 0 Å². The summed E-state index contributed by atoms with van der Waals surface area (Å²) in [5.74, 6) is 0.787. The second-order valence-corrected chi connectivity index (χ2v) is 6.67. The zero-order valence-corrected chi connectivity index (χ0v) is 15.3. The summed E-state index contributed by atoms with van der Waals surface area (Å²) in [6.07, 6.45) is 0. The highest BCUT2D eigenvalue weighted by Gasteiger charge is 2.15. The Kier molecular flexibility index (Phi) is 5.95. The number of nitrogens with zero attached hydrogens (tertiary/aromatic N) is 1. The van der Waals surface area contributed by atoms with Crippen LogP contribution in [0.4, 0.5) is 0 Å². The number of hydrogen-bond acceptors (Lipinski definition) is 3. The number of rotatable bonds is 4. The molecule has 1 saturated heterocycles. The summed E-state index contributed by atoms with van der Waals surface area (Å²) in [6.45, 7) is 3.57. The molecule has 3 nitrogen and oxygen atoms in total. The summed E-state index contributed by atoms with van der Waals surface area (Å²) in [5, 5.41) is 1.07. The van der Waals surface area contributed by atoms with Crippen LogP contribution in [0, 0.1) is 0 Å². The Morgan fingerprint density at radius 1 is 1.04 bits per heavy atom. The van der Waals surface area contributed by atoms with Crippen molar-refractivity contribution in [1.82, 2.24) is 4.90 Å². The Bertz CT molecular complexity index is 715. The second-order valence-electron chi connectivity index (χ2n) is 5.47. The maximum atomic E-state index is 6.01. The van der Waals surface area contributed by atoms with Gasteiger partial charge in [-0.05, 0) is 42.0 Å². The van der Waals surface area contributed by atoms with E-state index >= 15 is 0 Å². The molecule has 1 fully saturated rings. The van der Waals surface area contributed by atoms with E-state index in [4.69, 9.17) is 44.9 Å². The normalized spacial score (nSPS) is 14.5. The van der Waals surface area contributed by atoms with Gasteiger partial charge >= 0.3 is 0 Å². The van der Waals surface area contributed by atoms with Crippen molar-refractivity contribution >= 4 is 40.4 Å². The molecule has 0 aromatic heterocycles. The molecular weight excluding hydrogens is 365 g/mol. The molecule has 0 atom stereocenters. The minimum Gasteiger partial charge on any atom is -0.489 e. The molecule has 0 saturated carbocycles. The predicted molar refractivity (Wildman–Crippen MR) is 101 cm³/mol. The molecule has 126 valence electrons. The molecule has 0 N–H and O–H groups in total. The van der Waals surface area contributed by atoms with Gasteiger partial charge in [0, 0.05) is 18.7 Å². The molecule has 0 aliphatic carbocycles. The number of ether oxygens (including phenoxy) is 2. The topological polar surface area (TPSA) is 21.7 Å². The highest BCUT2D eigenvalue weighted by molar-refractivity contribution is 7.80. The zero-order chi connectivity index (χ0) is 16.9. The van der Waals surface area contributed by atoms with Crippen molar-refractivity contribution in [2.24, 2.45) is 0 Å². The van der Waals surface area contributed by atoms with Crippen LogP contribution in [0.15, 0.2) is 42.5 Å². The van der Waals surface area contributed by atoms with Crippen molar-refractivity contribution in [3.05, 3.63) is 63.6 Å². The van der Waals surface area contributed by atoms with E-state index in [2.05, 4.69) is 4.90 Å². The summed E-state index contributed by atoms with van der Waals surface area (Å²) in [5.41, 5.74) is 1.99. The van der Waals surface area contributed by atoms with Gasteiger partial charge in [-0.2, -0.15) is 0 Å². The molecule has 0 unspecified atom stereocenters. The lowest BCUT2D eigenvalue weighted by Gasteiger charge is -2.29. The molecule has 1 heterocycles. The summed E-state index contributed by atoms with van der Waals surface area (Å²) in [4.78, 5) is 3.03. The van der Waals surface area contributed by atoms with Crippen molar-refractivity contribution in [3.8, 4) is 5.75 Å². The van der Waals surface area contributed by atoms with Crippen LogP contribution < -0.4 is 4.74 Å². The van der Waals surface area contributed by atoms with Crippen molar-refractivity contribution in [2.75, 3.05) is 26.3 Å². The largest absolute Gasteiger partial charge is 0.489 e. The van der Waals surface area contributed by atoms with Gasteiger partial charge in [-0.15, -0.1) is 0 Å². The number of benzene rings is 2. The van der Waals surface area contributed by atoms with Crippen LogP contribution in [-0.2, 0) is 11.3 Å². The number of morpholine rings is 1. The van der Waals surface area contributed by atoms with Crippen LogP contribution in [0.25, 0.3) is 0 Å². The zero-order valence-electron chi connectivity index (χ0n) is 13.0. The maximum absolute atomic E-state index is 6.01. The van der Waals surface area contributed by atoms with Gasteiger partial charge in [-0.3, -0.25) is 0 Å². The minimum atomic E-state index is 0.435. The SMILES string of the molecule is S=C(c1ccc(OCc2ccc(Cl)c(Cl)c2)cc1)N1CCOCC1. The van der Waals surface area contributed by atoms with E-state index < -0.39 is 0 Å². The van der Waals surface area contributed by atoms with Gasteiger partial charge in [0.1, 0.15) is 17.3 Å². The lowest BCUT2D eigenvalue weighted by molar-refractivity contribution is 0.0693. The summed E-state index contributed by atoms with van der Waals surface area (Å²) in [6, 6.07) is 13.3. The van der Waals surface area contributed by atoms with Crippen LogP contribution in [0.2, 0.25) is 10.0 Å². The number of halogens is 2. The highest BCUT2D eigenvalue weighted by atomic mass is 35.5. The van der Waals surface area contributed by atoms with Crippen molar-refractivity contribution in [1.29, 1.82) is 0 Å². The predicted octanol–water partition coefficient (Wildman–Crippen LogP) is 4.58. The highest BCUT2D eigenvalue weighted by Crippen LogP contribution is 2.23. The Labute approximate surface area is 157 Å². The Morgan fingerprint density at radius 2 is 1.75 bits per heavy atom. The van der Waals surface area contributed by atoms with E-state index in [1.54, 1.807) is 6.07 Å². The fourth-order valence-corrected chi connectivity index (χ4v) is 3.08. The lowest BCUT2D eigenvalue weighted by atomic mass is 10.2. The van der Waals surface area contributed by atoms with Gasteiger partial charge in [0.2, 0.25) is 0 Å². The van der Waals surface area contributed by atoms with Gasteiger partial charge in [-0.1, -0.05) is 41.5 Å². The Morgan fingerprint density at radius 3 is 2.42 bits per heavy atom. The fraction of sp³-hybridized carbons (Fsp3) is 0.278. The number of hydrogen-bond donors (Lipinski definition) is 0. The standard InChI is InChI=1S/C18H17Cl2NO2S/c19-16-6-1-13(11-17(16)20)12-23-15-4-2-14(3-5-15)18(24)21-7-9-22-10-8-21/h1-6,11H,7-10,12H2. The molecule has 0 bridgehead atoms. The molecule has 2 aromatic carbocycles. The smallest absolute Gasteiger partial charge is 0.119 e. The first-order valence-electron chi connectivity index (χ1n) is 7.67. The van der Waals surface area contributed by atoms with Crippen LogP contribution in [-0.4, -0.2) is 36.2 Å². The molecule has 3 rings (SSSR count). The average molecular weight is 382 g/mol. The molecule has 1 aliphatic rings. The van der Waals surface area contributed by atoms with Gasteiger partial charge in [0.25, 0.3) is 0 Å². The van der Waals surface area contributed by atoms with Crippen molar-refractivity contribution in [3.63, 3.8) is 0 Å². The van der Waals surface area contributed by atoms with Crippen LogP contribution in [0.5, 0.6) is 5.75 Å². The molecule has 0 amide bonds. The first kappa shape index (κ1) is 17.5. The van der Waals surface area contributed by atoms with E-state index in [9.17, 15) is 0 Å². The molecule has 2 aromatic rings. The molecule has 1 aliphatic heterocycles. The molecule has 6 heteroatoms. The second kappa shape index (κ2) is 8.17. The van der Waals surface area contributed by atoms with Crippen molar-refractivity contribution in [2.45, 2.75) is 6.61 Å². The summed E-state index contributed by atoms with van der Waals surface area (Å²) in [7, 11) is 0. The van der Waals surface area contributed by atoms with E-state index in [0.29, 0.717) is 16.7 Å². The monoisotopic (exact) mass is 381 g/mol. The first-order chi connectivity index (χ1) is 11.6. The van der Waals surface area contributed by atoms with Crippen LogP contribution >= 0.6 is 35.4 Å². The fourth-order valence-electron chi connectivity index (χ4n) is 2.44. The van der Waals surface area contributed by atoms with E-state index in [0.717, 1.165) is 48.2 Å². The van der Waals surface area contributed by atoms with Gasteiger partial charge < -0.3 is 14.4 Å². The summed E-state index contributed by atoms with van der Waals surface area (Å²) >= 11 is 17.5. The van der Waals surface area contributed by atoms with Gasteiger partial charge in [0.05, 0.1) is 23.3 Å². The lowest BCUT2D eigenvalue weighted by Crippen LogP contribution is -2.40. The average Bonchev–Trinajstić information content (AvgIpc) is 2.63. The third kappa shape index (κ3) is 4.39. The number of thiocarbonyl (C=S) groups is 1. The third-order valence-corrected chi connectivity index (χ3v) is 5.02. The first-order valence-corrected chi connectivity index (χ1v) is 8.84. The molecular formula is C18H17Cl2NO2S. The van der Waals surface area contributed by atoms with Crippen LogP contribution in [0.3, 0.4) is 0 Å².